The molecule has 1 amide bonds. The topological polar surface area (TPSA) is 178 Å². The van der Waals surface area contributed by atoms with E-state index in [-0.39, 0.29) is 41.1 Å². The van der Waals surface area contributed by atoms with Crippen LogP contribution < -0.4 is 5.73 Å². The Kier molecular flexibility index (Phi) is 5.93. The van der Waals surface area contributed by atoms with Crippen LogP contribution in [0.2, 0.25) is 0 Å². The third-order valence-corrected chi connectivity index (χ3v) is 7.91. The monoisotopic (exact) mass is 512 g/mol. The van der Waals surface area contributed by atoms with Crippen LogP contribution in [-0.4, -0.2) is 74.3 Å². The number of likely N-dealkylation sites (N-methyl/N-ethyl adjacent to an activating group) is 1. The molecule has 3 aliphatic rings. The quantitative estimate of drug-likeness (QED) is 0.297. The minimum atomic E-state index is -2.70. The van der Waals surface area contributed by atoms with Crippen molar-refractivity contribution in [3.63, 3.8) is 0 Å². The molecule has 6 N–H and O–H groups in total. The number of nitrogens with two attached hydrogens (primary N) is 1. The van der Waals surface area contributed by atoms with Gasteiger partial charge in [-0.25, -0.2) is 0 Å². The van der Waals surface area contributed by atoms with Gasteiger partial charge in [0.15, 0.2) is 17.2 Å². The molecule has 37 heavy (non-hydrogen) atoms. The molecular weight excluding hydrogens is 480 g/mol. The highest BCUT2D eigenvalue weighted by Gasteiger charge is 2.63. The molecule has 10 nitrogen and oxygen atoms in total. The van der Waals surface area contributed by atoms with Gasteiger partial charge >= 0.3 is 0 Å². The number of primary amides is 1. The molecule has 0 radical (unpaired) electrons. The van der Waals surface area contributed by atoms with Gasteiger partial charge in [-0.3, -0.25) is 24.1 Å². The van der Waals surface area contributed by atoms with Gasteiger partial charge < -0.3 is 26.2 Å². The standard InChI is InChI=1S/C27H32N2O8/c1-10(30)12-9-15(26(2,3)4)20(31)17-13(12)7-11-8-14-19(29(5)6)22(33)18(25(28)36)24(35)27(14,37)23(34)16(11)21(17)32/h9,11,14,19,31,33-34,37H,7-8H2,1-6H3,(H2,28,36)/t11-,14-,19-,27-/m0/s1. The van der Waals surface area contributed by atoms with Crippen molar-refractivity contribution in [2.24, 2.45) is 17.6 Å². The zero-order valence-corrected chi connectivity index (χ0v) is 21.7. The van der Waals surface area contributed by atoms with E-state index in [1.807, 2.05) is 20.8 Å². The van der Waals surface area contributed by atoms with Crippen LogP contribution in [0.15, 0.2) is 28.7 Å². The number of aliphatic hydroxyl groups is 3. The lowest BCUT2D eigenvalue weighted by Crippen LogP contribution is -2.63. The Morgan fingerprint density at radius 2 is 1.73 bits per heavy atom. The van der Waals surface area contributed by atoms with Crippen LogP contribution in [-0.2, 0) is 21.4 Å². The van der Waals surface area contributed by atoms with E-state index >= 15 is 0 Å². The zero-order chi connectivity index (χ0) is 27.9. The van der Waals surface area contributed by atoms with Crippen LogP contribution in [0.1, 0.15) is 66.0 Å². The molecule has 0 bridgehead atoms. The predicted molar refractivity (Wildman–Crippen MR) is 132 cm³/mol. The number of carbonyl (C=O) groups is 4. The molecule has 0 saturated carbocycles. The summed E-state index contributed by atoms with van der Waals surface area (Å²) in [5.41, 5.74) is 1.71. The number of carbonyl (C=O) groups excluding carboxylic acids is 4. The molecule has 198 valence electrons. The number of phenolic OH excluding ortho intramolecular Hbond substituents is 1. The van der Waals surface area contributed by atoms with Crippen molar-refractivity contribution < 1.29 is 39.6 Å². The Hall–Kier alpha value is -3.50. The molecule has 1 aromatic carbocycles. The lowest BCUT2D eigenvalue weighted by Gasteiger charge is -2.50. The smallest absolute Gasteiger partial charge is 0.255 e. The van der Waals surface area contributed by atoms with E-state index in [4.69, 9.17) is 5.73 Å². The zero-order valence-electron chi connectivity index (χ0n) is 21.7. The lowest BCUT2D eigenvalue weighted by atomic mass is 9.58. The number of Topliss-reactive ketones (excluding diaryl/α,β-unsaturated/α-hetero) is 3. The fourth-order valence-corrected chi connectivity index (χ4v) is 6.20. The SMILES string of the molecule is CC(=O)c1cc(C(C)(C)C)c(O)c2c1C[C@H]1C[C@H]3[C@H](N(C)C)C(O)=C(C(N)=O)C(=O)[C@@]3(O)C(O)=C1C2=O. The number of amides is 1. The van der Waals surface area contributed by atoms with Gasteiger partial charge in [0.1, 0.15) is 22.8 Å². The molecular formula is C27H32N2O8. The third kappa shape index (κ3) is 3.53. The second-order valence-electron chi connectivity index (χ2n) is 11.4. The maximum absolute atomic E-state index is 13.9. The van der Waals surface area contributed by atoms with E-state index in [1.54, 1.807) is 20.2 Å². The van der Waals surface area contributed by atoms with Gasteiger partial charge in [0.2, 0.25) is 5.78 Å². The normalized spacial score (nSPS) is 27.7. The first-order valence-electron chi connectivity index (χ1n) is 12.0. The first-order chi connectivity index (χ1) is 17.0. The molecule has 0 aromatic heterocycles. The Morgan fingerprint density at radius 3 is 2.22 bits per heavy atom. The molecule has 0 fully saturated rings. The number of benzene rings is 1. The van der Waals surface area contributed by atoms with Crippen LogP contribution in [0.5, 0.6) is 5.75 Å². The number of rotatable bonds is 3. The van der Waals surface area contributed by atoms with Crippen molar-refractivity contribution >= 4 is 23.3 Å². The Labute approximate surface area is 214 Å². The molecule has 0 spiro atoms. The van der Waals surface area contributed by atoms with Crippen molar-refractivity contribution in [3.8, 4) is 5.75 Å². The predicted octanol–water partition coefficient (Wildman–Crippen LogP) is 1.62. The molecule has 4 atom stereocenters. The molecule has 0 saturated heterocycles. The molecule has 0 aliphatic heterocycles. The number of hydrogen-bond acceptors (Lipinski definition) is 9. The number of aromatic hydroxyl groups is 1. The van der Waals surface area contributed by atoms with Crippen molar-refractivity contribution in [1.29, 1.82) is 0 Å². The number of phenols is 1. The fourth-order valence-electron chi connectivity index (χ4n) is 6.20. The van der Waals surface area contributed by atoms with Gasteiger partial charge in [-0.2, -0.15) is 0 Å². The summed E-state index contributed by atoms with van der Waals surface area (Å²) in [5, 5.41) is 45.0. The molecule has 0 heterocycles. The van der Waals surface area contributed by atoms with E-state index in [0.29, 0.717) is 11.1 Å². The maximum Gasteiger partial charge on any atom is 0.255 e. The van der Waals surface area contributed by atoms with Gasteiger partial charge in [0, 0.05) is 22.6 Å². The number of ketones is 3. The summed E-state index contributed by atoms with van der Waals surface area (Å²) in [7, 11) is 3.13. The Morgan fingerprint density at radius 1 is 1.14 bits per heavy atom. The minimum absolute atomic E-state index is 0.0368. The van der Waals surface area contributed by atoms with Gasteiger partial charge in [-0.1, -0.05) is 20.8 Å². The summed E-state index contributed by atoms with van der Waals surface area (Å²) in [6.45, 7) is 6.80. The minimum Gasteiger partial charge on any atom is -0.510 e. The summed E-state index contributed by atoms with van der Waals surface area (Å²) in [6, 6.07) is 0.507. The van der Waals surface area contributed by atoms with Crippen LogP contribution in [0.4, 0.5) is 0 Å². The van der Waals surface area contributed by atoms with Crippen LogP contribution in [0, 0.1) is 11.8 Å². The first-order valence-corrected chi connectivity index (χ1v) is 12.0. The molecule has 4 rings (SSSR count). The number of nitrogens with zero attached hydrogens (tertiary/aromatic N) is 1. The van der Waals surface area contributed by atoms with Gasteiger partial charge in [0.05, 0.1) is 11.6 Å². The summed E-state index contributed by atoms with van der Waals surface area (Å²) < 4.78 is 0. The second-order valence-corrected chi connectivity index (χ2v) is 11.4. The summed E-state index contributed by atoms with van der Waals surface area (Å²) in [5.74, 6) is -7.43. The molecule has 3 aliphatic carbocycles. The van der Waals surface area contributed by atoms with Crippen LogP contribution in [0.25, 0.3) is 0 Å². The number of allylic oxidation sites excluding steroid dienone is 1. The Bertz CT molecular complexity index is 1350. The number of aliphatic hydroxyl groups excluding tert-OH is 2. The number of fused-ring (bicyclic) bond motifs is 3. The van der Waals surface area contributed by atoms with Crippen molar-refractivity contribution in [2.75, 3.05) is 14.1 Å². The first kappa shape index (κ1) is 26.6. The fraction of sp³-hybridized carbons (Fsp3) is 0.481. The molecule has 10 heteroatoms. The molecule has 1 aromatic rings. The average molecular weight is 513 g/mol. The second kappa shape index (κ2) is 8.26. The van der Waals surface area contributed by atoms with E-state index in [1.165, 1.54) is 11.8 Å². The van der Waals surface area contributed by atoms with Gasteiger partial charge in [-0.15, -0.1) is 0 Å². The summed E-state index contributed by atoms with van der Waals surface area (Å²) in [4.78, 5) is 53.4. The highest BCUT2D eigenvalue weighted by Crippen LogP contribution is 2.53. The van der Waals surface area contributed by atoms with E-state index in [0.717, 1.165) is 0 Å². The maximum atomic E-state index is 13.9. The average Bonchev–Trinajstić information content (AvgIpc) is 2.74. The third-order valence-electron chi connectivity index (χ3n) is 7.91. The largest absolute Gasteiger partial charge is 0.510 e. The van der Waals surface area contributed by atoms with Gasteiger partial charge in [-0.05, 0) is 56.8 Å². The Balaban J connectivity index is 2.02. The highest BCUT2D eigenvalue weighted by atomic mass is 16.3. The van der Waals surface area contributed by atoms with Crippen molar-refractivity contribution in [1.82, 2.24) is 4.90 Å². The summed E-state index contributed by atoms with van der Waals surface area (Å²) in [6.07, 6.45) is 0.0341. The van der Waals surface area contributed by atoms with Crippen LogP contribution in [0.3, 0.4) is 0 Å². The van der Waals surface area contributed by atoms with Gasteiger partial charge in [0.25, 0.3) is 5.91 Å². The molecule has 0 unspecified atom stereocenters. The van der Waals surface area contributed by atoms with E-state index in [2.05, 4.69) is 0 Å². The van der Waals surface area contributed by atoms with E-state index in [9.17, 15) is 39.6 Å². The van der Waals surface area contributed by atoms with Crippen LogP contribution >= 0.6 is 0 Å². The number of hydrogen-bond donors (Lipinski definition) is 5. The van der Waals surface area contributed by atoms with E-state index < -0.39 is 63.5 Å². The highest BCUT2D eigenvalue weighted by molar-refractivity contribution is 6.25. The van der Waals surface area contributed by atoms with Crippen molar-refractivity contribution in [3.05, 3.63) is 51.0 Å². The van der Waals surface area contributed by atoms with Crippen molar-refractivity contribution in [2.45, 2.75) is 57.6 Å². The summed E-state index contributed by atoms with van der Waals surface area (Å²) >= 11 is 0. The lowest BCUT2D eigenvalue weighted by molar-refractivity contribution is -0.148.